The molecule has 1 heterocycles. The van der Waals surface area contributed by atoms with Gasteiger partial charge in [-0.15, -0.1) is 11.3 Å². The highest BCUT2D eigenvalue weighted by Crippen LogP contribution is 2.37. The van der Waals surface area contributed by atoms with E-state index in [1.54, 1.807) is 18.4 Å². The predicted molar refractivity (Wildman–Crippen MR) is 92.4 cm³/mol. The number of primary amides is 1. The Morgan fingerprint density at radius 3 is 2.74 bits per heavy atom. The highest BCUT2D eigenvalue weighted by atomic mass is 32.1. The zero-order chi connectivity index (χ0) is 16.6. The number of hydrogen-bond acceptors (Lipinski definition) is 4. The fourth-order valence-corrected chi connectivity index (χ4v) is 3.80. The number of hydroxylamine groups is 2. The number of rotatable bonds is 4. The number of thiophene rings is 1. The van der Waals surface area contributed by atoms with Crippen LogP contribution >= 0.6 is 11.3 Å². The molecule has 0 aliphatic carbocycles. The number of amides is 2. The minimum Gasteiger partial charge on any atom is -0.497 e. The van der Waals surface area contributed by atoms with Crippen molar-refractivity contribution in [3.63, 3.8) is 0 Å². The molecule has 5 nitrogen and oxygen atoms in total. The monoisotopic (exact) mass is 330 g/mol. The average molecular weight is 330 g/mol. The van der Waals surface area contributed by atoms with Crippen molar-refractivity contribution in [2.45, 2.75) is 12.8 Å². The van der Waals surface area contributed by atoms with Crippen molar-refractivity contribution in [3.05, 3.63) is 42.0 Å². The highest BCUT2D eigenvalue weighted by molar-refractivity contribution is 7.25. The highest BCUT2D eigenvalue weighted by Gasteiger charge is 2.15. The first kappa shape index (κ1) is 15.6. The second-order valence-electron chi connectivity index (χ2n) is 5.54. The summed E-state index contributed by atoms with van der Waals surface area (Å²) < 4.78 is 7.66. The molecule has 2 amide bonds. The van der Waals surface area contributed by atoms with E-state index in [-0.39, 0.29) is 12.5 Å². The second kappa shape index (κ2) is 6.06. The molecule has 3 rings (SSSR count). The summed E-state index contributed by atoms with van der Waals surface area (Å²) in [4.78, 5) is 10.9. The first-order chi connectivity index (χ1) is 11.0. The Morgan fingerprint density at radius 1 is 1.26 bits per heavy atom. The van der Waals surface area contributed by atoms with E-state index < -0.39 is 6.03 Å². The van der Waals surface area contributed by atoms with Crippen molar-refractivity contribution >= 4 is 37.5 Å². The van der Waals surface area contributed by atoms with Crippen LogP contribution in [-0.2, 0) is 0 Å². The third-order valence-corrected chi connectivity index (χ3v) is 5.11. The molecule has 23 heavy (non-hydrogen) atoms. The molecule has 0 radical (unpaired) electrons. The second-order valence-corrected chi connectivity index (χ2v) is 6.62. The molecule has 3 aromatic rings. The molecule has 2 aromatic carbocycles. The van der Waals surface area contributed by atoms with E-state index in [0.717, 1.165) is 11.3 Å². The van der Waals surface area contributed by atoms with Gasteiger partial charge in [-0.25, -0.2) is 9.86 Å². The molecule has 0 saturated heterocycles. The Balaban J connectivity index is 1.99. The maximum absolute atomic E-state index is 10.9. The molecule has 1 unspecified atom stereocenters. The molecule has 0 bridgehead atoms. The molecular weight excluding hydrogens is 312 g/mol. The number of methoxy groups -OCH3 is 1. The van der Waals surface area contributed by atoms with Crippen LogP contribution in [0.4, 0.5) is 4.79 Å². The summed E-state index contributed by atoms with van der Waals surface area (Å²) in [5.74, 6) is 0.823. The van der Waals surface area contributed by atoms with Gasteiger partial charge in [-0.05, 0) is 29.8 Å². The number of nitrogens with zero attached hydrogens (tertiary/aromatic N) is 1. The molecule has 6 heteroatoms. The van der Waals surface area contributed by atoms with Crippen LogP contribution in [-0.4, -0.2) is 30.0 Å². The van der Waals surface area contributed by atoms with Gasteiger partial charge in [0.05, 0.1) is 13.7 Å². The van der Waals surface area contributed by atoms with Crippen molar-refractivity contribution in [1.29, 1.82) is 0 Å². The van der Waals surface area contributed by atoms with Gasteiger partial charge in [0.25, 0.3) is 0 Å². The lowest BCUT2D eigenvalue weighted by atomic mass is 9.99. The number of fused-ring (bicyclic) bond motifs is 3. The van der Waals surface area contributed by atoms with Crippen molar-refractivity contribution in [1.82, 2.24) is 5.06 Å². The van der Waals surface area contributed by atoms with Crippen LogP contribution in [0.15, 0.2) is 36.4 Å². The van der Waals surface area contributed by atoms with Crippen LogP contribution in [0.5, 0.6) is 5.75 Å². The van der Waals surface area contributed by atoms with Gasteiger partial charge in [0.2, 0.25) is 0 Å². The van der Waals surface area contributed by atoms with Crippen LogP contribution in [0.1, 0.15) is 18.4 Å². The molecule has 120 valence electrons. The third-order valence-electron chi connectivity index (χ3n) is 3.97. The van der Waals surface area contributed by atoms with Gasteiger partial charge in [-0.2, -0.15) is 0 Å². The van der Waals surface area contributed by atoms with Gasteiger partial charge in [-0.1, -0.05) is 19.1 Å². The van der Waals surface area contributed by atoms with E-state index in [9.17, 15) is 10.0 Å². The Morgan fingerprint density at radius 2 is 2.04 bits per heavy atom. The zero-order valence-electron chi connectivity index (χ0n) is 12.9. The lowest BCUT2D eigenvalue weighted by molar-refractivity contribution is -0.0427. The van der Waals surface area contributed by atoms with E-state index in [1.165, 1.54) is 20.2 Å². The number of hydrogen-bond donors (Lipinski definition) is 2. The molecule has 1 atom stereocenters. The third kappa shape index (κ3) is 2.95. The SMILES string of the molecule is COc1ccc2sc3cc(C(C)CN(O)C(N)=O)ccc3c2c1. The maximum atomic E-state index is 10.9. The first-order valence-corrected chi connectivity index (χ1v) is 8.07. The van der Waals surface area contributed by atoms with Crippen molar-refractivity contribution in [3.8, 4) is 5.75 Å². The van der Waals surface area contributed by atoms with Crippen LogP contribution in [0.25, 0.3) is 20.2 Å². The average Bonchev–Trinajstić information content (AvgIpc) is 2.91. The Bertz CT molecular complexity index is 875. The number of nitrogens with two attached hydrogens (primary N) is 1. The van der Waals surface area contributed by atoms with E-state index in [0.29, 0.717) is 5.06 Å². The van der Waals surface area contributed by atoms with Gasteiger partial charge >= 0.3 is 6.03 Å². The summed E-state index contributed by atoms with van der Waals surface area (Å²) in [6.07, 6.45) is 0. The van der Waals surface area contributed by atoms with Crippen LogP contribution in [0.2, 0.25) is 0 Å². The largest absolute Gasteiger partial charge is 0.497 e. The van der Waals surface area contributed by atoms with Crippen molar-refractivity contribution < 1.29 is 14.7 Å². The summed E-state index contributed by atoms with van der Waals surface area (Å²) in [6, 6.07) is 11.4. The van der Waals surface area contributed by atoms with Crippen LogP contribution < -0.4 is 10.5 Å². The minimum atomic E-state index is -0.841. The van der Waals surface area contributed by atoms with Gasteiger partial charge in [0, 0.05) is 26.1 Å². The van der Waals surface area contributed by atoms with Gasteiger partial charge in [0.1, 0.15) is 5.75 Å². The van der Waals surface area contributed by atoms with E-state index in [2.05, 4.69) is 18.2 Å². The lowest BCUT2D eigenvalue weighted by Crippen LogP contribution is -2.35. The fourth-order valence-electron chi connectivity index (χ4n) is 2.66. The van der Waals surface area contributed by atoms with Gasteiger partial charge in [0.15, 0.2) is 0 Å². The normalized spacial score (nSPS) is 12.5. The lowest BCUT2D eigenvalue weighted by Gasteiger charge is -2.18. The summed E-state index contributed by atoms with van der Waals surface area (Å²) in [5, 5.41) is 12.4. The van der Waals surface area contributed by atoms with E-state index in [4.69, 9.17) is 10.5 Å². The smallest absolute Gasteiger partial charge is 0.338 e. The molecule has 0 fully saturated rings. The summed E-state index contributed by atoms with van der Waals surface area (Å²) in [6.45, 7) is 2.11. The topological polar surface area (TPSA) is 75.8 Å². The molecule has 0 aliphatic heterocycles. The minimum absolute atomic E-state index is 0.0170. The summed E-state index contributed by atoms with van der Waals surface area (Å²) >= 11 is 1.71. The number of urea groups is 1. The number of carbonyl (C=O) groups excluding carboxylic acids is 1. The number of benzene rings is 2. The van der Waals surface area contributed by atoms with E-state index in [1.807, 2.05) is 25.1 Å². The molecule has 1 aromatic heterocycles. The molecular formula is C17H18N2O3S. The van der Waals surface area contributed by atoms with Crippen molar-refractivity contribution in [2.24, 2.45) is 5.73 Å². The van der Waals surface area contributed by atoms with Gasteiger partial charge in [-0.3, -0.25) is 5.21 Å². The van der Waals surface area contributed by atoms with Crippen LogP contribution in [0, 0.1) is 0 Å². The molecule has 0 spiro atoms. The number of carbonyl (C=O) groups is 1. The first-order valence-electron chi connectivity index (χ1n) is 7.25. The molecule has 3 N–H and O–H groups in total. The molecule has 0 aliphatic rings. The summed E-state index contributed by atoms with van der Waals surface area (Å²) in [7, 11) is 1.66. The Hall–Kier alpha value is -2.31. The van der Waals surface area contributed by atoms with Crippen molar-refractivity contribution in [2.75, 3.05) is 13.7 Å². The Kier molecular flexibility index (Phi) is 4.11. The van der Waals surface area contributed by atoms with Gasteiger partial charge < -0.3 is 10.5 Å². The van der Waals surface area contributed by atoms with E-state index >= 15 is 0 Å². The Labute approximate surface area is 137 Å². The maximum Gasteiger partial charge on any atom is 0.338 e. The van der Waals surface area contributed by atoms with Crippen LogP contribution in [0.3, 0.4) is 0 Å². The molecule has 0 saturated carbocycles. The predicted octanol–water partition coefficient (Wildman–Crippen LogP) is 3.94. The quantitative estimate of drug-likeness (QED) is 0.562. The zero-order valence-corrected chi connectivity index (χ0v) is 13.8. The standard InChI is InChI=1S/C17H18N2O3S/c1-10(9-19(21)17(18)20)11-3-5-13-14-8-12(22-2)4-6-15(14)23-16(13)7-11/h3-8,10,21H,9H2,1-2H3,(H2,18,20). The fraction of sp³-hybridized carbons (Fsp3) is 0.235. The summed E-state index contributed by atoms with van der Waals surface area (Å²) in [5.41, 5.74) is 6.11. The number of ether oxygens (including phenoxy) is 1.